The number of fused-ring (bicyclic) bond motifs is 10. The average Bonchev–Trinajstić information content (AvgIpc) is 1.62. The number of nitrogens with zero attached hydrogens (tertiary/aromatic N) is 15. The largest absolute Gasteiger partial charge is 0.506 e. The molecule has 8 aliphatic rings. The third-order valence-corrected chi connectivity index (χ3v) is 21.9. The Morgan fingerprint density at radius 2 is 1.12 bits per heavy atom. The van der Waals surface area contributed by atoms with Crippen LogP contribution in [0.5, 0.6) is 23.3 Å². The molecule has 17 rings (SSSR count). The Bertz CT molecular complexity index is 4870. The molecule has 0 unspecified atom stereocenters. The molecule has 7 aliphatic heterocycles. The Balaban J connectivity index is 0.000000127. The fourth-order valence-electron chi connectivity index (χ4n) is 15.0. The first-order valence-electron chi connectivity index (χ1n) is 35.9. The molecule has 1 aliphatic carbocycles. The molecule has 0 spiro atoms. The van der Waals surface area contributed by atoms with Crippen LogP contribution >= 0.6 is 55.1 Å². The summed E-state index contributed by atoms with van der Waals surface area (Å²) < 4.78 is 24.5. The summed E-state index contributed by atoms with van der Waals surface area (Å²) in [5.41, 5.74) is 9.06. The van der Waals surface area contributed by atoms with E-state index in [-0.39, 0.29) is 40.6 Å². The van der Waals surface area contributed by atoms with Crippen molar-refractivity contribution < 1.29 is 33.7 Å². The number of amides is 3. The van der Waals surface area contributed by atoms with Gasteiger partial charge in [-0.25, -0.2) is 15.0 Å². The minimum Gasteiger partial charge on any atom is -0.506 e. The fraction of sp³-hybridized carbons (Fsp3) is 0.346. The Morgan fingerprint density at radius 3 is 1.73 bits per heavy atom. The van der Waals surface area contributed by atoms with Crippen molar-refractivity contribution in [3.05, 3.63) is 215 Å². The van der Waals surface area contributed by atoms with E-state index in [1.807, 2.05) is 121 Å². The van der Waals surface area contributed by atoms with Crippen LogP contribution in [-0.2, 0) is 45.5 Å². The number of methoxy groups -OCH3 is 1. The van der Waals surface area contributed by atoms with Gasteiger partial charge in [0.05, 0.1) is 79.6 Å². The van der Waals surface area contributed by atoms with E-state index in [1.165, 1.54) is 30.4 Å². The molecular formula is C78H80Br2Cl2N16O7. The van der Waals surface area contributed by atoms with Gasteiger partial charge >= 0.3 is 0 Å². The zero-order chi connectivity index (χ0) is 72.6. The normalized spacial score (nSPS) is 17.6. The molecule has 0 bridgehead atoms. The lowest BCUT2D eigenvalue weighted by molar-refractivity contribution is 0.0827. The Kier molecular flexibility index (Phi) is 20.8. The van der Waals surface area contributed by atoms with Gasteiger partial charge in [0.2, 0.25) is 23.8 Å². The molecule has 10 heterocycles. The van der Waals surface area contributed by atoms with E-state index in [2.05, 4.69) is 86.9 Å². The van der Waals surface area contributed by atoms with Gasteiger partial charge in [-0.15, -0.1) is 0 Å². The number of ether oxygens (including phenoxy) is 3. The number of benzene rings is 6. The van der Waals surface area contributed by atoms with Crippen molar-refractivity contribution in [3.63, 3.8) is 0 Å². The second-order valence-corrected chi connectivity index (χ2v) is 29.3. The number of hydrogen-bond donors (Lipinski definition) is 2. The number of halogens is 4. The predicted octanol–water partition coefficient (Wildman–Crippen LogP) is 13.8. The molecule has 3 aromatic heterocycles. The number of rotatable bonds is 19. The molecule has 3 amide bonds. The molecule has 23 nitrogen and oxygen atoms in total. The lowest BCUT2D eigenvalue weighted by atomic mass is 9.96. The van der Waals surface area contributed by atoms with Crippen molar-refractivity contribution in [1.29, 1.82) is 0 Å². The summed E-state index contributed by atoms with van der Waals surface area (Å²) >= 11 is 19.9. The number of phenols is 1. The van der Waals surface area contributed by atoms with Gasteiger partial charge in [0.1, 0.15) is 23.9 Å². The summed E-state index contributed by atoms with van der Waals surface area (Å²) in [6.45, 7) is 12.5. The van der Waals surface area contributed by atoms with Crippen LogP contribution in [0.15, 0.2) is 164 Å². The number of carbonyl (C=O) groups excluding carboxylic acids is 3. The SMILES string of the molecule is CCN1C(=O)c2c(nc(Br)n2Cc2cc(Cl)c3c(c2)CCO3)N2C[C@@H](Cc3ccccc3)N=C12.CCN1C(=O)c2c(nc(NC3CCCCC3)n2Cc2ccc(OC)c(Br)c2)N2CCN=C12.CCN1C(=O)c2c(nc(OCc3ccccc3)n2Cc2ccc(O)c(Cl)c2)N2C[C@@H](Cc3ccccc3)N=C12. The summed E-state index contributed by atoms with van der Waals surface area (Å²) in [4.78, 5) is 81.6. The molecule has 9 aromatic rings. The van der Waals surface area contributed by atoms with E-state index in [0.29, 0.717) is 135 Å². The highest BCUT2D eigenvalue weighted by atomic mass is 79.9. The molecule has 2 N–H and O–H groups in total. The summed E-state index contributed by atoms with van der Waals surface area (Å²) in [7, 11) is 1.66. The molecule has 1 fully saturated rings. The smallest absolute Gasteiger partial charge is 0.299 e. The van der Waals surface area contributed by atoms with E-state index < -0.39 is 0 Å². The van der Waals surface area contributed by atoms with E-state index >= 15 is 0 Å². The number of carbonyl (C=O) groups is 3. The molecule has 0 radical (unpaired) electrons. The fourth-order valence-corrected chi connectivity index (χ4v) is 16.6. The second-order valence-electron chi connectivity index (χ2n) is 26.9. The van der Waals surface area contributed by atoms with E-state index in [0.717, 1.165) is 100 Å². The van der Waals surface area contributed by atoms with Crippen LogP contribution in [-0.4, -0.2) is 162 Å². The van der Waals surface area contributed by atoms with Gasteiger partial charge in [-0.3, -0.25) is 57.9 Å². The number of aliphatic imine (C=N–C) groups is 3. The topological polar surface area (TPSA) is 221 Å². The standard InChI is InChI=1S/C30H28ClN5O3.C25H23BrClN5O2.C23H29BrN6O2/c1-2-34-28(38)26-27(36-18-23(32-29(34)36)15-20-9-5-3-6-10-20)33-30(39-19-21-11-7-4-8-12-21)35(26)17-22-13-14-25(37)24(31)16-22;1-2-30-23(33)20-22(32-14-18(28-25(30)32)11-15-6-4-3-5-7-15)29-24(26)31(20)13-16-10-17-8-9-34-21(17)19(27)12-16;1-3-28-21(31)19-20(29-12-11-25-23(28)29)27-22(26-16-7-5-4-6-8-16)30(19)14-15-9-10-18(32-2)17(24)13-15/h3-14,16,23,37H,2,15,17-19H2,1H3;3-7,10,12,18H,2,8-9,11,13-14H2,1H3;9-10,13,16H,3-8,11-12,14H2,1-2H3,(H,26,27)/t23-;18-;/m11./s1. The lowest BCUT2D eigenvalue weighted by Gasteiger charge is -2.33. The number of anilines is 4. The van der Waals surface area contributed by atoms with Gasteiger partial charge in [0.15, 0.2) is 39.3 Å². The maximum Gasteiger partial charge on any atom is 0.299 e. The van der Waals surface area contributed by atoms with Gasteiger partial charge < -0.3 is 29.2 Å². The van der Waals surface area contributed by atoms with E-state index in [1.54, 1.807) is 44.6 Å². The molecule has 1 saturated carbocycles. The van der Waals surface area contributed by atoms with E-state index in [4.69, 9.17) is 62.3 Å². The summed E-state index contributed by atoms with van der Waals surface area (Å²) in [6.07, 6.45) is 8.45. The molecule has 2 atom stereocenters. The third-order valence-electron chi connectivity index (χ3n) is 20.1. The van der Waals surface area contributed by atoms with Gasteiger partial charge in [-0.2, -0.15) is 9.97 Å². The maximum atomic E-state index is 13.9. The van der Waals surface area contributed by atoms with Crippen molar-refractivity contribution in [2.75, 3.05) is 79.5 Å². The Hall–Kier alpha value is -9.69. The number of imidazole rings is 3. The van der Waals surface area contributed by atoms with Gasteiger partial charge in [0, 0.05) is 38.6 Å². The van der Waals surface area contributed by atoms with E-state index in [9.17, 15) is 19.5 Å². The van der Waals surface area contributed by atoms with Crippen molar-refractivity contribution in [3.8, 4) is 23.3 Å². The van der Waals surface area contributed by atoms with Crippen LogP contribution in [0.4, 0.5) is 23.4 Å². The number of nitrogens with one attached hydrogen (secondary N) is 1. The summed E-state index contributed by atoms with van der Waals surface area (Å²) in [5.74, 6) is 6.02. The monoisotopic (exact) mass is 1580 g/mol. The Morgan fingerprint density at radius 1 is 0.581 bits per heavy atom. The minimum absolute atomic E-state index is 0.00393. The summed E-state index contributed by atoms with van der Waals surface area (Å²) in [5, 5.41) is 14.4. The first-order valence-corrected chi connectivity index (χ1v) is 38.2. The first kappa shape index (κ1) is 70.9. The predicted molar refractivity (Wildman–Crippen MR) is 415 cm³/mol. The highest BCUT2D eigenvalue weighted by Gasteiger charge is 2.47. The highest BCUT2D eigenvalue weighted by molar-refractivity contribution is 9.10. The summed E-state index contributed by atoms with van der Waals surface area (Å²) in [6, 6.07) is 46.2. The lowest BCUT2D eigenvalue weighted by Crippen LogP contribution is -2.50. The van der Waals surface area contributed by atoms with Gasteiger partial charge in [-0.1, -0.05) is 152 Å². The van der Waals surface area contributed by atoms with Crippen LogP contribution in [0.1, 0.15) is 123 Å². The molecule has 105 heavy (non-hydrogen) atoms. The number of aromatic nitrogens is 6. The zero-order valence-corrected chi connectivity index (χ0v) is 63.5. The van der Waals surface area contributed by atoms with Gasteiger partial charge in [-0.05, 0) is 148 Å². The van der Waals surface area contributed by atoms with Crippen LogP contribution in [0.3, 0.4) is 0 Å². The minimum atomic E-state index is -0.171. The molecular weight excluding hydrogens is 1500 g/mol. The molecule has 6 aromatic carbocycles. The first-order chi connectivity index (χ1) is 51.1. The number of phenolic OH excluding ortho intramolecular Hbond substituents is 1. The van der Waals surface area contributed by atoms with Crippen LogP contribution in [0, 0.1) is 0 Å². The number of aromatic hydroxyl groups is 1. The molecule has 0 saturated heterocycles. The third kappa shape index (κ3) is 14.3. The average molecular weight is 1580 g/mol. The van der Waals surface area contributed by atoms with Crippen molar-refractivity contribution in [2.45, 2.75) is 117 Å². The van der Waals surface area contributed by atoms with Crippen LogP contribution in [0.25, 0.3) is 0 Å². The molecule has 542 valence electrons. The number of hydrogen-bond acceptors (Lipinski definition) is 17. The molecule has 27 heteroatoms. The second kappa shape index (κ2) is 30.8. The Labute approximate surface area is 636 Å². The van der Waals surface area contributed by atoms with Crippen molar-refractivity contribution in [1.82, 2.24) is 43.4 Å². The number of guanidine groups is 3. The van der Waals surface area contributed by atoms with Crippen LogP contribution < -0.4 is 34.2 Å². The van der Waals surface area contributed by atoms with Gasteiger partial charge in [0.25, 0.3) is 23.7 Å². The maximum absolute atomic E-state index is 13.9. The van der Waals surface area contributed by atoms with Crippen molar-refractivity contribution in [2.24, 2.45) is 15.0 Å². The quantitative estimate of drug-likeness (QED) is 0.0769. The van der Waals surface area contributed by atoms with Crippen LogP contribution in [0.2, 0.25) is 10.0 Å². The van der Waals surface area contributed by atoms with Crippen molar-refractivity contribution >= 4 is 114 Å². The highest BCUT2D eigenvalue weighted by Crippen LogP contribution is 2.42. The zero-order valence-electron chi connectivity index (χ0n) is 58.8.